The lowest BCUT2D eigenvalue weighted by molar-refractivity contribution is 0.102. The van der Waals surface area contributed by atoms with E-state index in [1.165, 1.54) is 11.6 Å². The number of amides is 1. The second-order valence-electron chi connectivity index (χ2n) is 5.89. The first-order valence-electron chi connectivity index (χ1n) is 8.29. The van der Waals surface area contributed by atoms with E-state index in [2.05, 4.69) is 20.6 Å². The normalized spacial score (nSPS) is 10.8. The van der Waals surface area contributed by atoms with Crippen molar-refractivity contribution < 1.29 is 9.53 Å². The van der Waals surface area contributed by atoms with Gasteiger partial charge in [0.15, 0.2) is 17.2 Å². The smallest absolute Gasteiger partial charge is 0.280 e. The van der Waals surface area contributed by atoms with E-state index in [1.807, 2.05) is 12.1 Å². The van der Waals surface area contributed by atoms with Crippen LogP contribution in [0.5, 0.6) is 5.75 Å². The van der Waals surface area contributed by atoms with Crippen LogP contribution in [0, 0.1) is 0 Å². The minimum absolute atomic E-state index is 0.0378. The van der Waals surface area contributed by atoms with Crippen molar-refractivity contribution in [3.8, 4) is 17.0 Å². The first kappa shape index (κ1) is 17.7. The molecule has 140 valence electrons. The summed E-state index contributed by atoms with van der Waals surface area (Å²) in [6.07, 6.45) is 0. The number of hydrogen-bond acceptors (Lipinski definition) is 6. The Balaban J connectivity index is 1.69. The van der Waals surface area contributed by atoms with Gasteiger partial charge in [-0.25, -0.2) is 0 Å². The predicted octanol–water partition coefficient (Wildman–Crippen LogP) is 3.29. The number of methoxy groups -OCH3 is 1. The van der Waals surface area contributed by atoms with Gasteiger partial charge in [0.05, 0.1) is 18.5 Å². The number of halogens is 1. The van der Waals surface area contributed by atoms with Crippen LogP contribution in [-0.2, 0) is 0 Å². The van der Waals surface area contributed by atoms with Crippen LogP contribution in [0.1, 0.15) is 10.5 Å². The van der Waals surface area contributed by atoms with Crippen molar-refractivity contribution in [1.82, 2.24) is 19.8 Å². The molecule has 0 radical (unpaired) electrons. The maximum Gasteiger partial charge on any atom is 0.280 e. The highest BCUT2D eigenvalue weighted by atomic mass is 35.5. The molecule has 0 aliphatic heterocycles. The van der Waals surface area contributed by atoms with Crippen LogP contribution >= 0.6 is 11.6 Å². The van der Waals surface area contributed by atoms with Crippen molar-refractivity contribution in [3.05, 3.63) is 65.3 Å². The predicted molar refractivity (Wildman–Crippen MR) is 107 cm³/mol. The van der Waals surface area contributed by atoms with Gasteiger partial charge in [-0.3, -0.25) is 4.79 Å². The summed E-state index contributed by atoms with van der Waals surface area (Å²) in [6.45, 7) is 0. The van der Waals surface area contributed by atoms with Crippen molar-refractivity contribution >= 4 is 34.7 Å². The molecule has 2 aromatic carbocycles. The number of anilines is 2. The Hall–Kier alpha value is -3.65. The molecule has 9 heteroatoms. The minimum Gasteiger partial charge on any atom is -0.495 e. The zero-order chi connectivity index (χ0) is 19.7. The fourth-order valence-electron chi connectivity index (χ4n) is 2.73. The number of aromatic nitrogens is 4. The molecule has 28 heavy (non-hydrogen) atoms. The minimum atomic E-state index is -0.514. The lowest BCUT2D eigenvalue weighted by atomic mass is 10.2. The molecule has 0 saturated carbocycles. The third-order valence-electron chi connectivity index (χ3n) is 4.12. The van der Waals surface area contributed by atoms with Gasteiger partial charge in [0.1, 0.15) is 5.75 Å². The van der Waals surface area contributed by atoms with Gasteiger partial charge >= 0.3 is 0 Å². The Kier molecular flexibility index (Phi) is 4.54. The molecule has 1 amide bonds. The van der Waals surface area contributed by atoms with Gasteiger partial charge in [0, 0.05) is 16.7 Å². The Bertz CT molecular complexity index is 1170. The second-order valence-corrected chi connectivity index (χ2v) is 6.33. The first-order valence-corrected chi connectivity index (χ1v) is 8.67. The van der Waals surface area contributed by atoms with Crippen molar-refractivity contribution in [2.75, 3.05) is 18.2 Å². The summed E-state index contributed by atoms with van der Waals surface area (Å²) in [4.78, 5) is 12.7. The molecular formula is C19H15ClN6O2. The number of carbonyl (C=O) groups is 1. The van der Waals surface area contributed by atoms with Crippen LogP contribution in [0.2, 0.25) is 5.02 Å². The molecule has 0 fully saturated rings. The highest BCUT2D eigenvalue weighted by molar-refractivity contribution is 6.30. The van der Waals surface area contributed by atoms with E-state index in [-0.39, 0.29) is 11.5 Å². The summed E-state index contributed by atoms with van der Waals surface area (Å²) < 4.78 is 6.62. The monoisotopic (exact) mass is 394 g/mol. The van der Waals surface area contributed by atoms with Gasteiger partial charge in [0.2, 0.25) is 0 Å². The van der Waals surface area contributed by atoms with E-state index in [0.717, 1.165) is 5.56 Å². The summed E-state index contributed by atoms with van der Waals surface area (Å²) in [5.74, 6) is 0.0881. The zero-order valence-corrected chi connectivity index (χ0v) is 15.5. The SMILES string of the molecule is COc1ccccc1NC(=O)c1nnc2cc(-c3ccc(Cl)cc3)nn2c1N. The molecule has 0 spiro atoms. The summed E-state index contributed by atoms with van der Waals surface area (Å²) in [5, 5.41) is 15.8. The molecule has 4 aromatic rings. The lowest BCUT2D eigenvalue weighted by Crippen LogP contribution is -2.19. The van der Waals surface area contributed by atoms with Crippen LogP contribution in [0.15, 0.2) is 54.6 Å². The number of fused-ring (bicyclic) bond motifs is 1. The molecule has 3 N–H and O–H groups in total. The van der Waals surface area contributed by atoms with Crippen molar-refractivity contribution in [2.24, 2.45) is 0 Å². The van der Waals surface area contributed by atoms with Crippen LogP contribution < -0.4 is 15.8 Å². The fourth-order valence-corrected chi connectivity index (χ4v) is 2.85. The maximum absolute atomic E-state index is 12.7. The quantitative estimate of drug-likeness (QED) is 0.550. The van der Waals surface area contributed by atoms with Crippen molar-refractivity contribution in [2.45, 2.75) is 0 Å². The van der Waals surface area contributed by atoms with Crippen molar-refractivity contribution in [3.63, 3.8) is 0 Å². The molecule has 0 aliphatic rings. The van der Waals surface area contributed by atoms with E-state index in [4.69, 9.17) is 22.1 Å². The Labute approximate surface area is 164 Å². The number of ether oxygens (including phenoxy) is 1. The number of nitrogen functional groups attached to an aromatic ring is 1. The summed E-state index contributed by atoms with van der Waals surface area (Å²) in [6, 6.07) is 16.0. The van der Waals surface area contributed by atoms with Crippen LogP contribution in [0.25, 0.3) is 16.9 Å². The number of nitrogens with one attached hydrogen (secondary N) is 1. The van der Waals surface area contributed by atoms with E-state index in [9.17, 15) is 4.79 Å². The Morgan fingerprint density at radius 1 is 1.14 bits per heavy atom. The molecule has 0 bridgehead atoms. The highest BCUT2D eigenvalue weighted by Gasteiger charge is 2.19. The molecule has 8 nitrogen and oxygen atoms in total. The highest BCUT2D eigenvalue weighted by Crippen LogP contribution is 2.25. The van der Waals surface area contributed by atoms with Gasteiger partial charge in [-0.15, -0.1) is 10.2 Å². The Morgan fingerprint density at radius 3 is 2.64 bits per heavy atom. The van der Waals surface area contributed by atoms with E-state index in [1.54, 1.807) is 42.5 Å². The zero-order valence-electron chi connectivity index (χ0n) is 14.8. The third kappa shape index (κ3) is 3.21. The van der Waals surface area contributed by atoms with Crippen LogP contribution in [-0.4, -0.2) is 32.8 Å². The lowest BCUT2D eigenvalue weighted by Gasteiger charge is -2.10. The summed E-state index contributed by atoms with van der Waals surface area (Å²) >= 11 is 5.93. The van der Waals surface area contributed by atoms with E-state index in [0.29, 0.717) is 27.8 Å². The number of carbonyl (C=O) groups excluding carboxylic acids is 1. The topological polar surface area (TPSA) is 107 Å². The number of para-hydroxylation sites is 2. The van der Waals surface area contributed by atoms with Gasteiger partial charge in [-0.05, 0) is 24.3 Å². The standard InChI is InChI=1S/C19H15ClN6O2/c1-28-15-5-3-2-4-13(15)22-19(27)17-18(21)26-16(23-24-17)10-14(25-26)11-6-8-12(20)9-7-11/h2-10H,21H2,1H3,(H,22,27). The largest absolute Gasteiger partial charge is 0.495 e. The summed E-state index contributed by atoms with van der Waals surface area (Å²) in [5.41, 5.74) is 8.51. The van der Waals surface area contributed by atoms with Gasteiger partial charge in [-0.2, -0.15) is 9.61 Å². The van der Waals surface area contributed by atoms with Crippen LogP contribution in [0.4, 0.5) is 11.5 Å². The molecule has 2 aromatic heterocycles. The molecule has 0 saturated heterocycles. The first-order chi connectivity index (χ1) is 13.6. The average molecular weight is 395 g/mol. The van der Waals surface area contributed by atoms with Gasteiger partial charge < -0.3 is 15.8 Å². The number of hydrogen-bond donors (Lipinski definition) is 2. The van der Waals surface area contributed by atoms with Gasteiger partial charge in [0.25, 0.3) is 5.91 Å². The number of rotatable bonds is 4. The number of nitrogens with two attached hydrogens (primary N) is 1. The molecule has 0 unspecified atom stereocenters. The fraction of sp³-hybridized carbons (Fsp3) is 0.0526. The number of benzene rings is 2. The van der Waals surface area contributed by atoms with Crippen molar-refractivity contribution in [1.29, 1.82) is 0 Å². The van der Waals surface area contributed by atoms with Gasteiger partial charge in [-0.1, -0.05) is 35.9 Å². The Morgan fingerprint density at radius 2 is 1.89 bits per heavy atom. The van der Waals surface area contributed by atoms with E-state index >= 15 is 0 Å². The average Bonchev–Trinajstić information content (AvgIpc) is 3.14. The second kappa shape index (κ2) is 7.16. The summed E-state index contributed by atoms with van der Waals surface area (Å²) in [7, 11) is 1.52. The molecule has 2 heterocycles. The molecule has 0 aliphatic carbocycles. The molecular weight excluding hydrogens is 380 g/mol. The third-order valence-corrected chi connectivity index (χ3v) is 4.38. The maximum atomic E-state index is 12.7. The van der Waals surface area contributed by atoms with Crippen LogP contribution in [0.3, 0.4) is 0 Å². The number of nitrogens with zero attached hydrogens (tertiary/aromatic N) is 4. The molecule has 0 atom stereocenters. The van der Waals surface area contributed by atoms with E-state index < -0.39 is 5.91 Å². The molecule has 4 rings (SSSR count).